The summed E-state index contributed by atoms with van der Waals surface area (Å²) in [5.41, 5.74) is 0. The Balaban J connectivity index is 0. The lowest BCUT2D eigenvalue weighted by atomic mass is 10.8. The van der Waals surface area contributed by atoms with Gasteiger partial charge < -0.3 is 16.1 Å². The van der Waals surface area contributed by atoms with Crippen LogP contribution in [0.5, 0.6) is 0 Å². The molecule has 0 aromatic heterocycles. The average molecular weight is 120 g/mol. The highest BCUT2D eigenvalue weighted by Gasteiger charge is 1.82. The summed E-state index contributed by atoms with van der Waals surface area (Å²) >= 11 is 0. The Bertz CT molecular complexity index is 90.5. The Morgan fingerprint density at radius 3 is 2.50 bits per heavy atom. The average Bonchev–Trinajstić information content (AvgIpc) is 1.61. The summed E-state index contributed by atoms with van der Waals surface area (Å²) < 4.78 is 0. The predicted octanol–water partition coefficient (Wildman–Crippen LogP) is -0.135. The van der Waals surface area contributed by atoms with E-state index in [0.29, 0.717) is 6.21 Å². The first-order valence-electron chi connectivity index (χ1n) is 1.57. The molecule has 8 heavy (non-hydrogen) atoms. The van der Waals surface area contributed by atoms with Crippen LogP contribution in [0.25, 0.3) is 0 Å². The number of nitrogens with zero attached hydrogens (tertiary/aromatic N) is 1. The molecule has 0 aliphatic carbocycles. The quantitative estimate of drug-likeness (QED) is 0.392. The van der Waals surface area contributed by atoms with Gasteiger partial charge in [-0.05, 0) is 0 Å². The third kappa shape index (κ3) is 8.86. The molecule has 0 aliphatic rings. The summed E-state index contributed by atoms with van der Waals surface area (Å²) in [6.07, 6.45) is 0.667. The van der Waals surface area contributed by atoms with Crippen LogP contribution in [0, 0.1) is 0 Å². The summed E-state index contributed by atoms with van der Waals surface area (Å²) in [4.78, 5) is 13.6. The number of carbonyl (C=O) groups is 1. The van der Waals surface area contributed by atoms with Gasteiger partial charge in [0.05, 0.1) is 0 Å². The molecule has 0 spiro atoms. The molecule has 0 bridgehead atoms. The van der Waals surface area contributed by atoms with E-state index in [1.807, 2.05) is 0 Å². The smallest absolute Gasteiger partial charge is 0.350 e. The minimum atomic E-state index is -1.11. The van der Waals surface area contributed by atoms with Gasteiger partial charge in [0, 0.05) is 0 Å². The second kappa shape index (κ2) is 5.90. The number of rotatable bonds is 2. The molecule has 0 fully saturated rings. The summed E-state index contributed by atoms with van der Waals surface area (Å²) in [5.74, 6) is -1.11. The molecule has 48 valence electrons. The molecule has 0 radical (unpaired) electrons. The van der Waals surface area contributed by atoms with Gasteiger partial charge in [-0.1, -0.05) is 5.16 Å². The molecule has 0 saturated carbocycles. The molecule has 4 N–H and O–H groups in total. The van der Waals surface area contributed by atoms with Crippen LogP contribution in [0.1, 0.15) is 0 Å². The van der Waals surface area contributed by atoms with Crippen molar-refractivity contribution >= 4 is 12.2 Å². The Kier molecular flexibility index (Phi) is 7.38. The Morgan fingerprint density at radius 1 is 1.88 bits per heavy atom. The lowest BCUT2D eigenvalue weighted by molar-refractivity contribution is -0.129. The highest BCUT2D eigenvalue weighted by atomic mass is 16.6. The van der Waals surface area contributed by atoms with Crippen molar-refractivity contribution in [1.29, 1.82) is 0 Å². The van der Waals surface area contributed by atoms with Crippen LogP contribution in [0.15, 0.2) is 5.16 Å². The van der Waals surface area contributed by atoms with Crippen molar-refractivity contribution in [1.82, 2.24) is 6.15 Å². The highest BCUT2D eigenvalue weighted by molar-refractivity contribution is 6.21. The van der Waals surface area contributed by atoms with Gasteiger partial charge >= 0.3 is 5.97 Å². The monoisotopic (exact) mass is 120 g/mol. The van der Waals surface area contributed by atoms with Gasteiger partial charge in [-0.15, -0.1) is 0 Å². The maximum Gasteiger partial charge on any atom is 0.350 e. The van der Waals surface area contributed by atoms with Gasteiger partial charge in [-0.3, -0.25) is 0 Å². The van der Waals surface area contributed by atoms with E-state index in [-0.39, 0.29) is 6.15 Å². The van der Waals surface area contributed by atoms with Crippen LogP contribution in [0.4, 0.5) is 0 Å². The van der Waals surface area contributed by atoms with E-state index >= 15 is 0 Å². The number of oxime groups is 1. The Morgan fingerprint density at radius 2 is 2.38 bits per heavy atom. The molecule has 0 aromatic rings. The van der Waals surface area contributed by atoms with E-state index in [0.717, 1.165) is 0 Å². The van der Waals surface area contributed by atoms with E-state index in [1.165, 1.54) is 7.11 Å². The number of carboxylic acids is 1. The minimum Gasteiger partial charge on any atom is -0.477 e. The normalized spacial score (nSPS) is 8.12. The standard InChI is InChI=1S/C3H5NO3.H3N/c1-7-4-2-3(5)6;/h2H,1H3,(H,5,6);1H3. The highest BCUT2D eigenvalue weighted by Crippen LogP contribution is 1.61. The van der Waals surface area contributed by atoms with Gasteiger partial charge in [0.25, 0.3) is 0 Å². The fourth-order valence-electron chi connectivity index (χ4n) is 0.0978. The second-order valence-electron chi connectivity index (χ2n) is 0.755. The topological polar surface area (TPSA) is 93.9 Å². The van der Waals surface area contributed by atoms with Crippen molar-refractivity contribution in [2.45, 2.75) is 0 Å². The minimum absolute atomic E-state index is 0. The summed E-state index contributed by atoms with van der Waals surface area (Å²) in [6, 6.07) is 0. The zero-order chi connectivity index (χ0) is 5.70. The fraction of sp³-hybridized carbons (Fsp3) is 0.333. The molecule has 0 aliphatic heterocycles. The van der Waals surface area contributed by atoms with Crippen molar-refractivity contribution in [3.05, 3.63) is 0 Å². The summed E-state index contributed by atoms with van der Waals surface area (Å²) in [7, 11) is 1.28. The number of aliphatic carboxylic acids is 1. The van der Waals surface area contributed by atoms with E-state index in [1.54, 1.807) is 0 Å². The maximum absolute atomic E-state index is 9.53. The van der Waals surface area contributed by atoms with Gasteiger partial charge in [0.15, 0.2) is 6.21 Å². The molecule has 0 saturated heterocycles. The summed E-state index contributed by atoms with van der Waals surface area (Å²) in [5, 5.41) is 10.8. The Labute approximate surface area is 46.5 Å². The van der Waals surface area contributed by atoms with Crippen LogP contribution >= 0.6 is 0 Å². The maximum atomic E-state index is 9.53. The first-order chi connectivity index (χ1) is 3.27. The molecule has 0 atom stereocenters. The van der Waals surface area contributed by atoms with Crippen LogP contribution in [0.2, 0.25) is 0 Å². The zero-order valence-corrected chi connectivity index (χ0v) is 4.50. The van der Waals surface area contributed by atoms with Gasteiger partial charge in [0.1, 0.15) is 7.11 Å². The first kappa shape index (κ1) is 10.0. The zero-order valence-electron chi connectivity index (χ0n) is 4.50. The van der Waals surface area contributed by atoms with Crippen molar-refractivity contribution in [2.24, 2.45) is 5.16 Å². The third-order valence-corrected chi connectivity index (χ3v) is 0.269. The third-order valence-electron chi connectivity index (χ3n) is 0.269. The van der Waals surface area contributed by atoms with Gasteiger partial charge in [0.2, 0.25) is 0 Å². The van der Waals surface area contributed by atoms with Crippen molar-refractivity contribution in [3.63, 3.8) is 0 Å². The molecule has 5 heteroatoms. The van der Waals surface area contributed by atoms with Gasteiger partial charge in [-0.25, -0.2) is 4.79 Å². The van der Waals surface area contributed by atoms with E-state index in [4.69, 9.17) is 5.11 Å². The predicted molar refractivity (Wildman–Crippen MR) is 28.2 cm³/mol. The first-order valence-corrected chi connectivity index (χ1v) is 1.57. The molecular weight excluding hydrogens is 112 g/mol. The lowest BCUT2D eigenvalue weighted by Crippen LogP contribution is -1.94. The lowest BCUT2D eigenvalue weighted by Gasteiger charge is -1.78. The second-order valence-corrected chi connectivity index (χ2v) is 0.755. The van der Waals surface area contributed by atoms with Crippen molar-refractivity contribution in [2.75, 3.05) is 7.11 Å². The van der Waals surface area contributed by atoms with E-state index in [9.17, 15) is 4.79 Å². The molecule has 0 amide bonds. The molecule has 0 rings (SSSR count). The van der Waals surface area contributed by atoms with Crippen molar-refractivity contribution in [3.8, 4) is 0 Å². The number of hydrogen-bond donors (Lipinski definition) is 2. The van der Waals surface area contributed by atoms with Crippen LogP contribution < -0.4 is 6.15 Å². The molecule has 0 heterocycles. The van der Waals surface area contributed by atoms with Gasteiger partial charge in [-0.2, -0.15) is 0 Å². The molecule has 0 aromatic carbocycles. The number of hydrogen-bond acceptors (Lipinski definition) is 4. The molecular formula is C3H8N2O3. The van der Waals surface area contributed by atoms with Crippen molar-refractivity contribution < 1.29 is 14.7 Å². The van der Waals surface area contributed by atoms with E-state index in [2.05, 4.69) is 9.99 Å². The van der Waals surface area contributed by atoms with Crippen LogP contribution in [-0.2, 0) is 9.63 Å². The molecule has 5 nitrogen and oxygen atoms in total. The molecule has 0 unspecified atom stereocenters. The van der Waals surface area contributed by atoms with Crippen LogP contribution in [-0.4, -0.2) is 24.4 Å². The Hall–Kier alpha value is -1.10. The number of carboxylic acid groups (broad SMARTS) is 1. The summed E-state index contributed by atoms with van der Waals surface area (Å²) in [6.45, 7) is 0. The van der Waals surface area contributed by atoms with E-state index < -0.39 is 5.97 Å². The fourth-order valence-corrected chi connectivity index (χ4v) is 0.0978. The van der Waals surface area contributed by atoms with Crippen LogP contribution in [0.3, 0.4) is 0 Å². The SMILES string of the molecule is CON=CC(=O)O.N. The largest absolute Gasteiger partial charge is 0.477 e.